The van der Waals surface area contributed by atoms with Gasteiger partial charge in [0.05, 0.1) is 0 Å². The van der Waals surface area contributed by atoms with Gasteiger partial charge in [0, 0.05) is 64.8 Å². The fourth-order valence-electron chi connectivity index (χ4n) is 3.39. The molecule has 1 amide bonds. The molecular weight excluding hydrogens is 332 g/mol. The van der Waals surface area contributed by atoms with E-state index >= 15 is 0 Å². The van der Waals surface area contributed by atoms with Crippen molar-refractivity contribution in [1.29, 1.82) is 0 Å². The Morgan fingerprint density at radius 2 is 2.12 bits per heavy atom. The molecule has 0 saturated carbocycles. The molecule has 8 heteroatoms. The van der Waals surface area contributed by atoms with Crippen LogP contribution in [0, 0.1) is 0 Å². The number of piperazine rings is 1. The van der Waals surface area contributed by atoms with Gasteiger partial charge in [0.25, 0.3) is 5.91 Å². The molecule has 2 aliphatic rings. The molecule has 1 unspecified atom stereocenters. The molecular formula is C18H30N6O2. The highest BCUT2D eigenvalue weighted by Crippen LogP contribution is 2.16. The van der Waals surface area contributed by atoms with Crippen LogP contribution in [0.15, 0.2) is 23.5 Å². The maximum Gasteiger partial charge on any atom is 0.251 e. The normalized spacial score (nSPS) is 21.3. The molecule has 0 radical (unpaired) electrons. The molecule has 0 aliphatic carbocycles. The van der Waals surface area contributed by atoms with E-state index in [0.717, 1.165) is 71.0 Å². The predicted molar refractivity (Wildman–Crippen MR) is 99.9 cm³/mol. The highest BCUT2D eigenvalue weighted by atomic mass is 16.5. The maximum absolute atomic E-state index is 12.5. The van der Waals surface area contributed by atoms with E-state index in [9.17, 15) is 4.79 Å². The van der Waals surface area contributed by atoms with Crippen molar-refractivity contribution in [3.8, 4) is 0 Å². The van der Waals surface area contributed by atoms with Gasteiger partial charge in [-0.3, -0.25) is 14.5 Å². The molecule has 1 aromatic rings. The number of aromatic nitrogens is 2. The molecule has 2 fully saturated rings. The molecule has 0 aromatic carbocycles. The maximum atomic E-state index is 12.5. The summed E-state index contributed by atoms with van der Waals surface area (Å²) in [6.45, 7) is 8.35. The van der Waals surface area contributed by atoms with E-state index in [2.05, 4.69) is 22.2 Å². The van der Waals surface area contributed by atoms with Crippen molar-refractivity contribution in [2.75, 3.05) is 45.9 Å². The Kier molecular flexibility index (Phi) is 6.88. The van der Waals surface area contributed by atoms with Gasteiger partial charge in [-0.1, -0.05) is 0 Å². The molecule has 1 N–H and O–H groups in total. The molecule has 8 nitrogen and oxygen atoms in total. The first-order valence-electron chi connectivity index (χ1n) is 9.69. The number of ether oxygens (including phenoxy) is 1. The largest absolute Gasteiger partial charge is 0.368 e. The summed E-state index contributed by atoms with van der Waals surface area (Å²) in [5.41, 5.74) is 0. The Morgan fingerprint density at radius 1 is 1.31 bits per heavy atom. The molecule has 2 aliphatic heterocycles. The van der Waals surface area contributed by atoms with Gasteiger partial charge in [-0.2, -0.15) is 5.10 Å². The zero-order valence-corrected chi connectivity index (χ0v) is 15.6. The van der Waals surface area contributed by atoms with Crippen LogP contribution in [0.2, 0.25) is 0 Å². The van der Waals surface area contributed by atoms with E-state index in [4.69, 9.17) is 9.73 Å². The number of amides is 1. The molecule has 0 bridgehead atoms. The first-order chi connectivity index (χ1) is 12.8. The smallest absolute Gasteiger partial charge is 0.251 e. The molecule has 1 aromatic heterocycles. The number of aliphatic imine (C=N–C) groups is 1. The van der Waals surface area contributed by atoms with Gasteiger partial charge >= 0.3 is 0 Å². The van der Waals surface area contributed by atoms with Crippen LogP contribution in [0.25, 0.3) is 0 Å². The number of aryl methyl sites for hydroxylation is 1. The van der Waals surface area contributed by atoms with Crippen LogP contribution < -0.4 is 5.32 Å². The van der Waals surface area contributed by atoms with Crippen LogP contribution in [0.4, 0.5) is 0 Å². The van der Waals surface area contributed by atoms with Gasteiger partial charge in [0.2, 0.25) is 0 Å². The summed E-state index contributed by atoms with van der Waals surface area (Å²) in [6.07, 6.45) is 6.36. The van der Waals surface area contributed by atoms with Crippen molar-refractivity contribution in [1.82, 2.24) is 24.9 Å². The minimum absolute atomic E-state index is 0.156. The van der Waals surface area contributed by atoms with E-state index in [1.54, 1.807) is 6.20 Å². The van der Waals surface area contributed by atoms with E-state index < -0.39 is 0 Å². The van der Waals surface area contributed by atoms with Crippen molar-refractivity contribution in [2.24, 2.45) is 4.99 Å². The van der Waals surface area contributed by atoms with Crippen molar-refractivity contribution >= 4 is 11.9 Å². The summed E-state index contributed by atoms with van der Waals surface area (Å²) in [4.78, 5) is 21.4. The first-order valence-corrected chi connectivity index (χ1v) is 9.69. The third-order valence-electron chi connectivity index (χ3n) is 4.80. The van der Waals surface area contributed by atoms with Gasteiger partial charge in [-0.25, -0.2) is 0 Å². The number of carbonyl (C=O) groups is 1. The SMILES string of the molecule is CCNC(=NCCCn1cccn1)N1CCN(C(=O)C2CCCO2)CC1. The Morgan fingerprint density at radius 3 is 2.77 bits per heavy atom. The lowest BCUT2D eigenvalue weighted by Crippen LogP contribution is -2.55. The predicted octanol–water partition coefficient (Wildman–Crippen LogP) is 0.562. The van der Waals surface area contributed by atoms with Crippen molar-refractivity contribution in [3.63, 3.8) is 0 Å². The number of nitrogens with one attached hydrogen (secondary N) is 1. The Bertz CT molecular complexity index is 575. The van der Waals surface area contributed by atoms with E-state index in [1.807, 2.05) is 21.8 Å². The lowest BCUT2D eigenvalue weighted by atomic mass is 10.2. The van der Waals surface area contributed by atoms with Crippen LogP contribution in [0.5, 0.6) is 0 Å². The molecule has 144 valence electrons. The highest BCUT2D eigenvalue weighted by Gasteiger charge is 2.30. The Hall–Kier alpha value is -2.09. The molecule has 0 spiro atoms. The second kappa shape index (κ2) is 9.56. The highest BCUT2D eigenvalue weighted by molar-refractivity contribution is 5.82. The van der Waals surface area contributed by atoms with Crippen LogP contribution in [-0.2, 0) is 16.1 Å². The van der Waals surface area contributed by atoms with Crippen LogP contribution in [0.3, 0.4) is 0 Å². The summed E-state index contributed by atoms with van der Waals surface area (Å²) < 4.78 is 7.46. The topological polar surface area (TPSA) is 75.0 Å². The van der Waals surface area contributed by atoms with Gasteiger partial charge in [0.1, 0.15) is 6.10 Å². The van der Waals surface area contributed by atoms with Crippen LogP contribution in [-0.4, -0.2) is 83.4 Å². The minimum atomic E-state index is -0.217. The fraction of sp³-hybridized carbons (Fsp3) is 0.722. The van der Waals surface area contributed by atoms with E-state index in [0.29, 0.717) is 6.61 Å². The zero-order valence-electron chi connectivity index (χ0n) is 15.6. The third-order valence-corrected chi connectivity index (χ3v) is 4.80. The average Bonchev–Trinajstić information content (AvgIpc) is 3.38. The lowest BCUT2D eigenvalue weighted by molar-refractivity contribution is -0.142. The van der Waals surface area contributed by atoms with Gasteiger partial charge < -0.3 is 19.9 Å². The quantitative estimate of drug-likeness (QED) is 0.455. The van der Waals surface area contributed by atoms with Crippen LogP contribution in [0.1, 0.15) is 26.2 Å². The summed E-state index contributed by atoms with van der Waals surface area (Å²) in [5.74, 6) is 1.10. The number of carbonyl (C=O) groups excluding carboxylic acids is 1. The van der Waals surface area contributed by atoms with Crippen molar-refractivity contribution < 1.29 is 9.53 Å². The second-order valence-corrected chi connectivity index (χ2v) is 6.67. The standard InChI is InChI=1S/C18H30N6O2/c1-2-19-18(20-7-4-9-24-10-5-8-21-24)23-13-11-22(12-14-23)17(25)16-6-3-15-26-16/h5,8,10,16H,2-4,6-7,9,11-15H2,1H3,(H,19,20). The van der Waals surface area contributed by atoms with Gasteiger partial charge in [-0.15, -0.1) is 0 Å². The van der Waals surface area contributed by atoms with Gasteiger partial charge in [-0.05, 0) is 32.3 Å². The van der Waals surface area contributed by atoms with Gasteiger partial charge in [0.15, 0.2) is 5.96 Å². The summed E-state index contributed by atoms with van der Waals surface area (Å²) >= 11 is 0. The monoisotopic (exact) mass is 362 g/mol. The summed E-state index contributed by atoms with van der Waals surface area (Å²) in [6, 6.07) is 1.94. The number of nitrogens with zero attached hydrogens (tertiary/aromatic N) is 5. The lowest BCUT2D eigenvalue weighted by Gasteiger charge is -2.37. The first kappa shape index (κ1) is 18.7. The molecule has 3 heterocycles. The zero-order chi connectivity index (χ0) is 18.2. The Balaban J connectivity index is 1.46. The molecule has 1 atom stereocenters. The number of guanidine groups is 1. The van der Waals surface area contributed by atoms with Crippen LogP contribution >= 0.6 is 0 Å². The molecule has 3 rings (SSSR count). The van der Waals surface area contributed by atoms with E-state index in [1.165, 1.54) is 0 Å². The third kappa shape index (κ3) is 4.97. The fourth-order valence-corrected chi connectivity index (χ4v) is 3.39. The number of hydrogen-bond acceptors (Lipinski definition) is 4. The minimum Gasteiger partial charge on any atom is -0.368 e. The summed E-state index contributed by atoms with van der Waals surface area (Å²) in [7, 11) is 0. The summed E-state index contributed by atoms with van der Waals surface area (Å²) in [5, 5.41) is 7.58. The molecule has 26 heavy (non-hydrogen) atoms. The van der Waals surface area contributed by atoms with Crippen molar-refractivity contribution in [3.05, 3.63) is 18.5 Å². The molecule has 2 saturated heterocycles. The van der Waals surface area contributed by atoms with E-state index in [-0.39, 0.29) is 12.0 Å². The van der Waals surface area contributed by atoms with Crippen molar-refractivity contribution in [2.45, 2.75) is 38.8 Å². The number of rotatable bonds is 6. The second-order valence-electron chi connectivity index (χ2n) is 6.67. The Labute approximate surface area is 155 Å². The number of hydrogen-bond donors (Lipinski definition) is 1. The average molecular weight is 362 g/mol.